The van der Waals surface area contributed by atoms with Crippen LogP contribution in [0, 0.1) is 17.0 Å². The minimum atomic E-state index is -0.372. The summed E-state index contributed by atoms with van der Waals surface area (Å²) in [4.78, 5) is 12.6. The van der Waals surface area contributed by atoms with Gasteiger partial charge in [0.15, 0.2) is 0 Å². The number of nitro benzene ring substituents is 1. The molecule has 0 bridgehead atoms. The summed E-state index contributed by atoms with van der Waals surface area (Å²) in [5, 5.41) is 14.2. The lowest BCUT2D eigenvalue weighted by atomic mass is 10.1. The molecule has 0 amide bonds. The molecule has 1 saturated heterocycles. The second kappa shape index (κ2) is 5.54. The molecule has 1 aliphatic heterocycles. The van der Waals surface area contributed by atoms with Crippen molar-refractivity contribution in [2.45, 2.75) is 13.1 Å². The van der Waals surface area contributed by atoms with E-state index in [9.17, 15) is 10.1 Å². The van der Waals surface area contributed by atoms with E-state index in [0.29, 0.717) is 0 Å². The Morgan fingerprint density at radius 2 is 1.81 bits per heavy atom. The summed E-state index contributed by atoms with van der Waals surface area (Å²) in [5.74, 6) is 0. The summed E-state index contributed by atoms with van der Waals surface area (Å²) in [5.41, 5.74) is 3.56. The molecule has 5 nitrogen and oxygen atoms in total. The number of nitro groups is 1. The third kappa shape index (κ3) is 2.73. The zero-order chi connectivity index (χ0) is 14.8. The zero-order valence-corrected chi connectivity index (χ0v) is 11.8. The van der Waals surface area contributed by atoms with Crippen LogP contribution in [0.2, 0.25) is 0 Å². The van der Waals surface area contributed by atoms with Gasteiger partial charge in [0.1, 0.15) is 6.17 Å². The number of nitrogens with one attached hydrogen (secondary N) is 1. The van der Waals surface area contributed by atoms with Crippen LogP contribution in [0.3, 0.4) is 0 Å². The monoisotopic (exact) mass is 283 g/mol. The number of hydrogen-bond donors (Lipinski definition) is 1. The van der Waals surface area contributed by atoms with Crippen LogP contribution < -0.4 is 10.2 Å². The maximum Gasteiger partial charge on any atom is 0.269 e. The average molecular weight is 283 g/mol. The first-order valence-corrected chi connectivity index (χ1v) is 6.96. The Labute approximate surface area is 123 Å². The van der Waals surface area contributed by atoms with E-state index in [-0.39, 0.29) is 16.8 Å². The predicted octanol–water partition coefficient (Wildman–Crippen LogP) is 3.01. The van der Waals surface area contributed by atoms with Crippen LogP contribution in [0.4, 0.5) is 11.4 Å². The van der Waals surface area contributed by atoms with Crippen LogP contribution in [0.15, 0.2) is 48.5 Å². The molecule has 2 aromatic rings. The Morgan fingerprint density at radius 1 is 1.14 bits per heavy atom. The maximum absolute atomic E-state index is 10.7. The Morgan fingerprint density at radius 3 is 2.43 bits per heavy atom. The molecule has 0 aliphatic carbocycles. The number of nitrogens with zero attached hydrogens (tertiary/aromatic N) is 2. The highest BCUT2D eigenvalue weighted by atomic mass is 16.6. The maximum atomic E-state index is 10.7. The summed E-state index contributed by atoms with van der Waals surface area (Å²) in [6.45, 7) is 3.85. The number of non-ortho nitro benzene ring substituents is 1. The minimum absolute atomic E-state index is 0.118. The van der Waals surface area contributed by atoms with Crippen molar-refractivity contribution in [3.8, 4) is 0 Å². The quantitative estimate of drug-likeness (QED) is 0.695. The molecular formula is C16H17N3O2. The highest BCUT2D eigenvalue weighted by Crippen LogP contribution is 2.29. The molecule has 1 fully saturated rings. The zero-order valence-electron chi connectivity index (χ0n) is 11.8. The molecule has 0 radical (unpaired) electrons. The van der Waals surface area contributed by atoms with Gasteiger partial charge in [0.2, 0.25) is 0 Å². The van der Waals surface area contributed by atoms with Gasteiger partial charge in [0.25, 0.3) is 5.69 Å². The van der Waals surface area contributed by atoms with Crippen molar-refractivity contribution in [1.29, 1.82) is 0 Å². The summed E-state index contributed by atoms with van der Waals surface area (Å²) in [7, 11) is 0. The highest BCUT2D eigenvalue weighted by Gasteiger charge is 2.25. The van der Waals surface area contributed by atoms with Gasteiger partial charge < -0.3 is 4.90 Å². The molecule has 0 spiro atoms. The van der Waals surface area contributed by atoms with E-state index in [1.807, 2.05) is 12.1 Å². The van der Waals surface area contributed by atoms with E-state index < -0.39 is 0 Å². The molecule has 1 aliphatic rings. The van der Waals surface area contributed by atoms with Crippen LogP contribution in [0.25, 0.3) is 0 Å². The SMILES string of the molecule is Cc1ccc(C2NCCN2c2ccc([N+](=O)[O-])cc2)cc1. The van der Waals surface area contributed by atoms with Gasteiger partial charge in [-0.15, -0.1) is 0 Å². The average Bonchev–Trinajstić information content (AvgIpc) is 2.97. The molecule has 21 heavy (non-hydrogen) atoms. The molecule has 3 rings (SSSR count). The lowest BCUT2D eigenvalue weighted by Crippen LogP contribution is -2.27. The smallest absolute Gasteiger partial charge is 0.269 e. The van der Waals surface area contributed by atoms with Crippen molar-refractivity contribution in [3.05, 3.63) is 69.8 Å². The minimum Gasteiger partial charge on any atom is -0.351 e. The molecular weight excluding hydrogens is 266 g/mol. The first-order valence-electron chi connectivity index (χ1n) is 6.96. The van der Waals surface area contributed by atoms with Gasteiger partial charge in [-0.25, -0.2) is 0 Å². The van der Waals surface area contributed by atoms with E-state index in [1.165, 1.54) is 11.1 Å². The predicted molar refractivity (Wildman–Crippen MR) is 82.4 cm³/mol. The topological polar surface area (TPSA) is 58.4 Å². The van der Waals surface area contributed by atoms with Crippen LogP contribution in [-0.2, 0) is 0 Å². The van der Waals surface area contributed by atoms with Crippen molar-refractivity contribution in [1.82, 2.24) is 5.32 Å². The van der Waals surface area contributed by atoms with E-state index in [1.54, 1.807) is 12.1 Å². The van der Waals surface area contributed by atoms with Gasteiger partial charge in [0.05, 0.1) is 4.92 Å². The second-order valence-corrected chi connectivity index (χ2v) is 5.23. The van der Waals surface area contributed by atoms with Crippen molar-refractivity contribution in [2.24, 2.45) is 0 Å². The summed E-state index contributed by atoms with van der Waals surface area (Å²) in [6, 6.07) is 15.2. The van der Waals surface area contributed by atoms with Gasteiger partial charge >= 0.3 is 0 Å². The van der Waals surface area contributed by atoms with Crippen LogP contribution in [0.5, 0.6) is 0 Å². The van der Waals surface area contributed by atoms with Crippen molar-refractivity contribution >= 4 is 11.4 Å². The molecule has 1 heterocycles. The fourth-order valence-corrected chi connectivity index (χ4v) is 2.65. The Kier molecular flexibility index (Phi) is 3.58. The third-order valence-electron chi connectivity index (χ3n) is 3.79. The summed E-state index contributed by atoms with van der Waals surface area (Å²) < 4.78 is 0. The number of aryl methyl sites for hydroxylation is 1. The molecule has 0 saturated carbocycles. The van der Waals surface area contributed by atoms with Crippen molar-refractivity contribution in [3.63, 3.8) is 0 Å². The van der Waals surface area contributed by atoms with Crippen LogP contribution in [-0.4, -0.2) is 18.0 Å². The number of rotatable bonds is 3. The highest BCUT2D eigenvalue weighted by molar-refractivity contribution is 5.53. The van der Waals surface area contributed by atoms with Gasteiger partial charge in [-0.3, -0.25) is 15.4 Å². The fourth-order valence-electron chi connectivity index (χ4n) is 2.65. The van der Waals surface area contributed by atoms with Crippen molar-refractivity contribution < 1.29 is 4.92 Å². The van der Waals surface area contributed by atoms with Gasteiger partial charge in [-0.1, -0.05) is 29.8 Å². The van der Waals surface area contributed by atoms with E-state index in [4.69, 9.17) is 0 Å². The molecule has 0 aromatic heterocycles. The van der Waals surface area contributed by atoms with E-state index >= 15 is 0 Å². The Hall–Kier alpha value is -2.40. The number of hydrogen-bond acceptors (Lipinski definition) is 4. The fraction of sp³-hybridized carbons (Fsp3) is 0.250. The lowest BCUT2D eigenvalue weighted by Gasteiger charge is -2.26. The molecule has 1 unspecified atom stereocenters. The molecule has 1 N–H and O–H groups in total. The third-order valence-corrected chi connectivity index (χ3v) is 3.79. The number of benzene rings is 2. The van der Waals surface area contributed by atoms with Crippen LogP contribution in [0.1, 0.15) is 17.3 Å². The summed E-state index contributed by atoms with van der Waals surface area (Å²) in [6.07, 6.45) is 0.118. The first-order chi connectivity index (χ1) is 10.1. The van der Waals surface area contributed by atoms with Gasteiger partial charge in [-0.2, -0.15) is 0 Å². The van der Waals surface area contributed by atoms with Gasteiger partial charge in [-0.05, 0) is 24.6 Å². The second-order valence-electron chi connectivity index (χ2n) is 5.23. The molecule has 5 heteroatoms. The molecule has 1 atom stereocenters. The summed E-state index contributed by atoms with van der Waals surface area (Å²) >= 11 is 0. The van der Waals surface area contributed by atoms with E-state index in [0.717, 1.165) is 18.8 Å². The van der Waals surface area contributed by atoms with Crippen LogP contribution >= 0.6 is 0 Å². The normalized spacial score (nSPS) is 18.0. The van der Waals surface area contributed by atoms with Gasteiger partial charge in [0, 0.05) is 30.9 Å². The Bertz CT molecular complexity index is 638. The first kappa shape index (κ1) is 13.6. The van der Waals surface area contributed by atoms with E-state index in [2.05, 4.69) is 41.4 Å². The molecule has 108 valence electrons. The lowest BCUT2D eigenvalue weighted by molar-refractivity contribution is -0.384. The largest absolute Gasteiger partial charge is 0.351 e. The number of anilines is 1. The standard InChI is InChI=1S/C16H17N3O2/c1-12-2-4-13(5-3-12)16-17-10-11-18(16)14-6-8-15(9-7-14)19(20)21/h2-9,16-17H,10-11H2,1H3. The molecule has 2 aromatic carbocycles. The van der Waals surface area contributed by atoms with Crippen molar-refractivity contribution in [2.75, 3.05) is 18.0 Å². The Balaban J connectivity index is 1.86.